The molecule has 1 aromatic rings. The number of carbonyl (C=O) groups is 2. The summed E-state index contributed by atoms with van der Waals surface area (Å²) in [4.78, 5) is 24.8. The molecular formula is C16H23NO4. The molecule has 0 atom stereocenters. The second kappa shape index (κ2) is 7.11. The van der Waals surface area contributed by atoms with Gasteiger partial charge in [-0.1, -0.05) is 32.0 Å². The predicted molar refractivity (Wildman–Crippen MR) is 80.4 cm³/mol. The van der Waals surface area contributed by atoms with Gasteiger partial charge in [0.25, 0.3) is 0 Å². The van der Waals surface area contributed by atoms with Crippen LogP contribution in [-0.2, 0) is 16.0 Å². The summed E-state index contributed by atoms with van der Waals surface area (Å²) in [6.07, 6.45) is 0.492. The van der Waals surface area contributed by atoms with Gasteiger partial charge in [0, 0.05) is 12.0 Å². The minimum absolute atomic E-state index is 0.168. The second-order valence-corrected chi connectivity index (χ2v) is 5.59. The van der Waals surface area contributed by atoms with E-state index in [2.05, 4.69) is 0 Å². The van der Waals surface area contributed by atoms with Crippen molar-refractivity contribution in [2.45, 2.75) is 27.2 Å². The summed E-state index contributed by atoms with van der Waals surface area (Å²) in [6, 6.07) is 7.54. The number of nitrogens with zero attached hydrogens (tertiary/aromatic N) is 1. The summed E-state index contributed by atoms with van der Waals surface area (Å²) in [6.45, 7) is 5.53. The van der Waals surface area contributed by atoms with Gasteiger partial charge in [-0.25, -0.2) is 0 Å². The Bertz CT molecular complexity index is 511. The maximum absolute atomic E-state index is 12.6. The van der Waals surface area contributed by atoms with Crippen molar-refractivity contribution in [1.29, 1.82) is 0 Å². The Hall–Kier alpha value is -2.04. The van der Waals surface area contributed by atoms with Gasteiger partial charge in [0.05, 0.1) is 7.11 Å². The van der Waals surface area contributed by atoms with Crippen LogP contribution in [0.4, 0.5) is 0 Å². The first-order valence-electron chi connectivity index (χ1n) is 6.95. The van der Waals surface area contributed by atoms with Crippen molar-refractivity contribution in [2.24, 2.45) is 5.41 Å². The lowest BCUT2D eigenvalue weighted by Gasteiger charge is -2.30. The molecule has 21 heavy (non-hydrogen) atoms. The molecule has 5 heteroatoms. The first kappa shape index (κ1) is 17.0. The first-order valence-corrected chi connectivity index (χ1v) is 6.95. The van der Waals surface area contributed by atoms with Gasteiger partial charge in [0.2, 0.25) is 5.91 Å². The Balaban J connectivity index is 2.93. The number of benzene rings is 1. The van der Waals surface area contributed by atoms with Gasteiger partial charge in [-0.3, -0.25) is 9.59 Å². The van der Waals surface area contributed by atoms with Crippen LogP contribution in [-0.4, -0.2) is 42.1 Å². The number of aliphatic carboxylic acids is 1. The van der Waals surface area contributed by atoms with E-state index in [1.807, 2.05) is 38.1 Å². The van der Waals surface area contributed by atoms with Gasteiger partial charge in [-0.05, 0) is 25.0 Å². The van der Waals surface area contributed by atoms with Crippen molar-refractivity contribution in [3.8, 4) is 5.75 Å². The number of methoxy groups -OCH3 is 1. The summed E-state index contributed by atoms with van der Waals surface area (Å²) in [5.41, 5.74) is 0.241. The van der Waals surface area contributed by atoms with Gasteiger partial charge in [-0.2, -0.15) is 0 Å². The van der Waals surface area contributed by atoms with Gasteiger partial charge in [0.1, 0.15) is 12.3 Å². The Morgan fingerprint density at radius 2 is 1.90 bits per heavy atom. The molecule has 1 amide bonds. The highest BCUT2D eigenvalue weighted by molar-refractivity contribution is 5.85. The average Bonchev–Trinajstić information content (AvgIpc) is 2.44. The molecule has 0 aliphatic carbocycles. The van der Waals surface area contributed by atoms with E-state index >= 15 is 0 Å². The number of hydrogen-bond acceptors (Lipinski definition) is 3. The molecule has 0 bridgehead atoms. The van der Waals surface area contributed by atoms with Crippen LogP contribution in [0.1, 0.15) is 26.3 Å². The fraction of sp³-hybridized carbons (Fsp3) is 0.500. The van der Waals surface area contributed by atoms with Gasteiger partial charge in [0.15, 0.2) is 0 Å². The summed E-state index contributed by atoms with van der Waals surface area (Å²) in [7, 11) is 1.59. The zero-order chi connectivity index (χ0) is 16.0. The molecule has 116 valence electrons. The molecule has 0 saturated carbocycles. The third-order valence-electron chi connectivity index (χ3n) is 3.40. The van der Waals surface area contributed by atoms with E-state index in [0.29, 0.717) is 13.0 Å². The molecule has 1 aromatic carbocycles. The summed E-state index contributed by atoms with van der Waals surface area (Å²) < 4.78 is 5.30. The third-order valence-corrected chi connectivity index (χ3v) is 3.40. The molecule has 0 aliphatic rings. The van der Waals surface area contributed by atoms with E-state index in [4.69, 9.17) is 9.84 Å². The Morgan fingerprint density at radius 1 is 1.29 bits per heavy atom. The number of amides is 1. The minimum Gasteiger partial charge on any atom is -0.496 e. The molecule has 0 saturated heterocycles. The number of carboxylic acid groups (broad SMARTS) is 1. The molecule has 1 N–H and O–H groups in total. The lowest BCUT2D eigenvalue weighted by molar-refractivity contribution is -0.148. The largest absolute Gasteiger partial charge is 0.496 e. The van der Waals surface area contributed by atoms with Crippen LogP contribution >= 0.6 is 0 Å². The number of ether oxygens (including phenoxy) is 1. The molecule has 0 fully saturated rings. The van der Waals surface area contributed by atoms with Crippen LogP contribution in [0.3, 0.4) is 0 Å². The van der Waals surface area contributed by atoms with Crippen LogP contribution in [0.5, 0.6) is 5.75 Å². The fourth-order valence-corrected chi connectivity index (χ4v) is 2.32. The number of carbonyl (C=O) groups excluding carboxylic acids is 1. The maximum atomic E-state index is 12.6. The number of rotatable bonds is 7. The van der Waals surface area contributed by atoms with E-state index in [1.54, 1.807) is 14.0 Å². The summed E-state index contributed by atoms with van der Waals surface area (Å²) in [5.74, 6) is -0.434. The monoisotopic (exact) mass is 293 g/mol. The van der Waals surface area contributed by atoms with E-state index in [1.165, 1.54) is 4.90 Å². The molecule has 0 aliphatic heterocycles. The third kappa shape index (κ3) is 4.48. The minimum atomic E-state index is -1.00. The first-order chi connectivity index (χ1) is 9.81. The Kier molecular flexibility index (Phi) is 5.76. The van der Waals surface area contributed by atoms with Gasteiger partial charge in [-0.15, -0.1) is 0 Å². The Morgan fingerprint density at radius 3 is 2.43 bits per heavy atom. The van der Waals surface area contributed by atoms with Crippen LogP contribution in [0.2, 0.25) is 0 Å². The van der Waals surface area contributed by atoms with Crippen LogP contribution < -0.4 is 4.74 Å². The molecule has 0 heterocycles. The van der Waals surface area contributed by atoms with Gasteiger partial charge < -0.3 is 14.7 Å². The molecule has 0 unspecified atom stereocenters. The highest BCUT2D eigenvalue weighted by Gasteiger charge is 2.33. The van der Waals surface area contributed by atoms with Crippen LogP contribution in [0.25, 0.3) is 0 Å². The van der Waals surface area contributed by atoms with E-state index in [0.717, 1.165) is 11.3 Å². The number of carboxylic acids is 1. The zero-order valence-electron chi connectivity index (χ0n) is 13.0. The topological polar surface area (TPSA) is 66.8 Å². The maximum Gasteiger partial charge on any atom is 0.323 e. The number of likely N-dealkylation sites (N-methyl/N-ethyl adjacent to an activating group) is 1. The lowest BCUT2D eigenvalue weighted by atomic mass is 9.84. The quantitative estimate of drug-likeness (QED) is 0.837. The standard InChI is InChI=1S/C16H23NO4/c1-5-17(11-14(18)19)15(20)16(2,3)10-12-8-6-7-9-13(12)21-4/h6-9H,5,10-11H2,1-4H3,(H,18,19). The fourth-order valence-electron chi connectivity index (χ4n) is 2.32. The highest BCUT2D eigenvalue weighted by atomic mass is 16.5. The van der Waals surface area contributed by atoms with Crippen molar-refractivity contribution in [1.82, 2.24) is 4.90 Å². The van der Waals surface area contributed by atoms with Crippen molar-refractivity contribution in [3.63, 3.8) is 0 Å². The molecule has 0 aromatic heterocycles. The number of para-hydroxylation sites is 1. The van der Waals surface area contributed by atoms with E-state index in [-0.39, 0.29) is 12.5 Å². The van der Waals surface area contributed by atoms with Crippen molar-refractivity contribution in [2.75, 3.05) is 20.2 Å². The van der Waals surface area contributed by atoms with Crippen molar-refractivity contribution < 1.29 is 19.4 Å². The van der Waals surface area contributed by atoms with E-state index < -0.39 is 11.4 Å². The normalized spacial score (nSPS) is 11.0. The number of hydrogen-bond donors (Lipinski definition) is 1. The molecule has 0 spiro atoms. The highest BCUT2D eigenvalue weighted by Crippen LogP contribution is 2.29. The van der Waals surface area contributed by atoms with Crippen LogP contribution in [0, 0.1) is 5.41 Å². The molecule has 5 nitrogen and oxygen atoms in total. The Labute approximate surface area is 125 Å². The molecule has 0 radical (unpaired) electrons. The predicted octanol–water partition coefficient (Wildman–Crippen LogP) is 2.20. The van der Waals surface area contributed by atoms with Crippen molar-refractivity contribution in [3.05, 3.63) is 29.8 Å². The van der Waals surface area contributed by atoms with E-state index in [9.17, 15) is 9.59 Å². The summed E-state index contributed by atoms with van der Waals surface area (Å²) in [5, 5.41) is 8.89. The van der Waals surface area contributed by atoms with Crippen LogP contribution in [0.15, 0.2) is 24.3 Å². The smallest absolute Gasteiger partial charge is 0.323 e. The van der Waals surface area contributed by atoms with Crippen molar-refractivity contribution >= 4 is 11.9 Å². The summed E-state index contributed by atoms with van der Waals surface area (Å²) >= 11 is 0. The molecule has 1 rings (SSSR count). The molecular weight excluding hydrogens is 270 g/mol. The second-order valence-electron chi connectivity index (χ2n) is 5.59. The van der Waals surface area contributed by atoms with Gasteiger partial charge >= 0.3 is 5.97 Å². The zero-order valence-corrected chi connectivity index (χ0v) is 13.0. The average molecular weight is 293 g/mol. The lowest BCUT2D eigenvalue weighted by Crippen LogP contribution is -2.44. The SMILES string of the molecule is CCN(CC(=O)O)C(=O)C(C)(C)Cc1ccccc1OC.